The van der Waals surface area contributed by atoms with Gasteiger partial charge in [0.05, 0.1) is 28.9 Å². The summed E-state index contributed by atoms with van der Waals surface area (Å²) in [5.41, 5.74) is 9.21. The van der Waals surface area contributed by atoms with Crippen molar-refractivity contribution in [1.82, 2.24) is 15.3 Å². The lowest BCUT2D eigenvalue weighted by Crippen LogP contribution is -2.68. The number of rotatable bonds is 3. The topological polar surface area (TPSA) is 90.1 Å². The molecular weight excluding hydrogens is 340 g/mol. The zero-order valence-electron chi connectivity index (χ0n) is 14.7. The van der Waals surface area contributed by atoms with Crippen molar-refractivity contribution in [3.63, 3.8) is 0 Å². The van der Waals surface area contributed by atoms with Gasteiger partial charge in [0, 0.05) is 41.9 Å². The van der Waals surface area contributed by atoms with Gasteiger partial charge in [0.2, 0.25) is 0 Å². The third-order valence-corrected chi connectivity index (χ3v) is 5.66. The Bertz CT molecular complexity index is 1010. The molecule has 0 bridgehead atoms. The van der Waals surface area contributed by atoms with Crippen molar-refractivity contribution in [3.05, 3.63) is 60.4 Å². The number of nitrogens with zero attached hydrogens (tertiary/aromatic N) is 2. The number of carbonyl (C=O) groups excluding carboxylic acids is 1. The number of amides is 1. The molecule has 1 saturated carbocycles. The first-order valence-electron chi connectivity index (χ1n) is 9.20. The fourth-order valence-corrected chi connectivity index (χ4v) is 4.18. The number of hydrogen-bond donors (Lipinski definition) is 2. The van der Waals surface area contributed by atoms with Gasteiger partial charge in [0.1, 0.15) is 0 Å². The van der Waals surface area contributed by atoms with Crippen LogP contribution in [-0.2, 0) is 4.74 Å². The highest BCUT2D eigenvalue weighted by atomic mass is 16.5. The van der Waals surface area contributed by atoms with Crippen LogP contribution in [0.15, 0.2) is 54.9 Å². The summed E-state index contributed by atoms with van der Waals surface area (Å²) >= 11 is 0. The second-order valence-corrected chi connectivity index (χ2v) is 7.18. The maximum atomic E-state index is 13.1. The lowest BCUT2D eigenvalue weighted by atomic mass is 9.72. The SMILES string of the molecule is N[C@H]1[C@H]2CCO[C@H]2[C@@H]1NC(=O)c1cc(-c2cccnc2)nc2ccccc12. The minimum Gasteiger partial charge on any atom is -0.376 e. The van der Waals surface area contributed by atoms with Crippen molar-refractivity contribution in [1.29, 1.82) is 0 Å². The van der Waals surface area contributed by atoms with Crippen molar-refractivity contribution >= 4 is 16.8 Å². The third kappa shape index (κ3) is 2.69. The molecule has 1 amide bonds. The number of hydrogen-bond acceptors (Lipinski definition) is 5. The third-order valence-electron chi connectivity index (χ3n) is 5.66. The number of carbonyl (C=O) groups is 1. The predicted molar refractivity (Wildman–Crippen MR) is 102 cm³/mol. The molecule has 136 valence electrons. The van der Waals surface area contributed by atoms with Crippen LogP contribution in [0.4, 0.5) is 0 Å². The zero-order valence-corrected chi connectivity index (χ0v) is 14.7. The fraction of sp³-hybridized carbons (Fsp3) is 0.286. The van der Waals surface area contributed by atoms with Gasteiger partial charge in [-0.05, 0) is 30.7 Å². The minimum atomic E-state index is -0.145. The molecule has 3 N–H and O–H groups in total. The van der Waals surface area contributed by atoms with Crippen LogP contribution in [0.2, 0.25) is 0 Å². The van der Waals surface area contributed by atoms with Crippen LogP contribution < -0.4 is 11.1 Å². The molecule has 0 radical (unpaired) electrons. The zero-order chi connectivity index (χ0) is 18.4. The Hall–Kier alpha value is -2.83. The van der Waals surface area contributed by atoms with Crippen molar-refractivity contribution in [2.24, 2.45) is 11.7 Å². The lowest BCUT2D eigenvalue weighted by molar-refractivity contribution is -0.0160. The van der Waals surface area contributed by atoms with E-state index in [9.17, 15) is 4.79 Å². The minimum absolute atomic E-state index is 0.0369. The quantitative estimate of drug-likeness (QED) is 0.747. The van der Waals surface area contributed by atoms with Gasteiger partial charge in [-0.2, -0.15) is 0 Å². The maximum Gasteiger partial charge on any atom is 0.252 e. The monoisotopic (exact) mass is 360 g/mol. The molecule has 3 heterocycles. The Morgan fingerprint density at radius 1 is 1.22 bits per heavy atom. The summed E-state index contributed by atoms with van der Waals surface area (Å²) < 4.78 is 5.74. The molecule has 0 spiro atoms. The normalized spacial score (nSPS) is 26.4. The largest absolute Gasteiger partial charge is 0.376 e. The molecular formula is C21H20N4O2. The highest BCUT2D eigenvalue weighted by Gasteiger charge is 2.52. The van der Waals surface area contributed by atoms with Crippen LogP contribution in [0.25, 0.3) is 22.2 Å². The van der Waals surface area contributed by atoms with Gasteiger partial charge < -0.3 is 15.8 Å². The predicted octanol–water partition coefficient (Wildman–Crippen LogP) is 2.14. The Morgan fingerprint density at radius 2 is 2.11 bits per heavy atom. The molecule has 3 aromatic rings. The number of fused-ring (bicyclic) bond motifs is 2. The molecule has 6 nitrogen and oxygen atoms in total. The van der Waals surface area contributed by atoms with E-state index in [-0.39, 0.29) is 24.1 Å². The summed E-state index contributed by atoms with van der Waals surface area (Å²) in [5, 5.41) is 3.91. The Kier molecular flexibility index (Phi) is 3.88. The van der Waals surface area contributed by atoms with Crippen molar-refractivity contribution < 1.29 is 9.53 Å². The van der Waals surface area contributed by atoms with Crippen LogP contribution in [0, 0.1) is 5.92 Å². The van der Waals surface area contributed by atoms with E-state index in [1.807, 2.05) is 42.5 Å². The first-order valence-corrected chi connectivity index (χ1v) is 9.20. The molecule has 4 atom stereocenters. The number of para-hydroxylation sites is 1. The van der Waals surface area contributed by atoms with Crippen molar-refractivity contribution in [2.75, 3.05) is 6.61 Å². The number of ether oxygens (including phenoxy) is 1. The number of aromatic nitrogens is 2. The van der Waals surface area contributed by atoms with Gasteiger partial charge in [0.15, 0.2) is 0 Å². The summed E-state index contributed by atoms with van der Waals surface area (Å²) in [7, 11) is 0. The molecule has 1 aliphatic heterocycles. The van der Waals surface area contributed by atoms with Gasteiger partial charge in [-0.3, -0.25) is 9.78 Å². The van der Waals surface area contributed by atoms with Crippen LogP contribution >= 0.6 is 0 Å². The van der Waals surface area contributed by atoms with Crippen molar-refractivity contribution in [2.45, 2.75) is 24.6 Å². The molecule has 2 aliphatic rings. The smallest absolute Gasteiger partial charge is 0.252 e. The van der Waals surface area contributed by atoms with E-state index in [1.165, 1.54) is 0 Å². The van der Waals surface area contributed by atoms with Gasteiger partial charge in [-0.25, -0.2) is 4.98 Å². The van der Waals surface area contributed by atoms with E-state index in [2.05, 4.69) is 10.3 Å². The second kappa shape index (κ2) is 6.40. The van der Waals surface area contributed by atoms with Gasteiger partial charge in [0.25, 0.3) is 5.91 Å². The summed E-state index contributed by atoms with van der Waals surface area (Å²) in [5.74, 6) is 0.212. The first kappa shape index (κ1) is 16.4. The highest BCUT2D eigenvalue weighted by Crippen LogP contribution is 2.38. The molecule has 2 aromatic heterocycles. The molecule has 27 heavy (non-hydrogen) atoms. The van der Waals surface area contributed by atoms with Gasteiger partial charge in [-0.15, -0.1) is 0 Å². The van der Waals surface area contributed by atoms with Crippen LogP contribution in [0.5, 0.6) is 0 Å². The first-order chi connectivity index (χ1) is 13.2. The average Bonchev–Trinajstić information content (AvgIpc) is 3.16. The van der Waals surface area contributed by atoms with E-state index in [4.69, 9.17) is 15.5 Å². The average molecular weight is 360 g/mol. The van der Waals surface area contributed by atoms with E-state index in [0.29, 0.717) is 11.5 Å². The van der Waals surface area contributed by atoms with E-state index < -0.39 is 0 Å². The summed E-state index contributed by atoms with van der Waals surface area (Å²) in [6, 6.07) is 13.1. The summed E-state index contributed by atoms with van der Waals surface area (Å²) in [6.45, 7) is 0.721. The second-order valence-electron chi connectivity index (χ2n) is 7.18. The van der Waals surface area contributed by atoms with E-state index >= 15 is 0 Å². The highest BCUT2D eigenvalue weighted by molar-refractivity contribution is 6.07. The van der Waals surface area contributed by atoms with Gasteiger partial charge >= 0.3 is 0 Å². The molecule has 2 fully saturated rings. The number of nitrogens with one attached hydrogen (secondary N) is 1. The molecule has 5 rings (SSSR count). The fourth-order valence-electron chi connectivity index (χ4n) is 4.18. The summed E-state index contributed by atoms with van der Waals surface area (Å²) in [6.07, 6.45) is 4.47. The molecule has 6 heteroatoms. The molecule has 1 aromatic carbocycles. The Labute approximate surface area is 156 Å². The van der Waals surface area contributed by atoms with Crippen LogP contribution in [-0.4, -0.2) is 40.7 Å². The van der Waals surface area contributed by atoms with Crippen molar-refractivity contribution in [3.8, 4) is 11.3 Å². The van der Waals surface area contributed by atoms with E-state index in [1.54, 1.807) is 12.4 Å². The number of nitrogens with two attached hydrogens (primary N) is 1. The Balaban J connectivity index is 1.52. The van der Waals surface area contributed by atoms with E-state index in [0.717, 1.165) is 35.2 Å². The number of benzene rings is 1. The van der Waals surface area contributed by atoms with Gasteiger partial charge in [-0.1, -0.05) is 18.2 Å². The lowest BCUT2D eigenvalue weighted by Gasteiger charge is -2.45. The summed E-state index contributed by atoms with van der Waals surface area (Å²) in [4.78, 5) is 22.0. The Morgan fingerprint density at radius 3 is 2.96 bits per heavy atom. The van der Waals surface area contributed by atoms with Crippen LogP contribution in [0.3, 0.4) is 0 Å². The standard InChI is InChI=1S/C21H20N4O2/c22-18-14-7-9-27-20(14)19(18)25-21(26)15-10-17(12-4-3-8-23-11-12)24-16-6-2-1-5-13(15)16/h1-6,8,10-11,14,18-20H,7,9,22H2,(H,25,26)/t14-,18+,19-,20-/m1/s1. The molecule has 1 aliphatic carbocycles. The number of pyridine rings is 2. The molecule has 0 unspecified atom stereocenters. The maximum absolute atomic E-state index is 13.1. The molecule has 1 saturated heterocycles. The van der Waals surface area contributed by atoms with Crippen LogP contribution in [0.1, 0.15) is 16.8 Å².